The second-order valence-corrected chi connectivity index (χ2v) is 6.37. The van der Waals surface area contributed by atoms with E-state index in [1.54, 1.807) is 30.1 Å². The molecule has 6 nitrogen and oxygen atoms in total. The Morgan fingerprint density at radius 1 is 1.20 bits per heavy atom. The molecule has 2 rings (SSSR count). The van der Waals surface area contributed by atoms with Crippen molar-refractivity contribution in [3.05, 3.63) is 41.2 Å². The van der Waals surface area contributed by atoms with E-state index in [0.29, 0.717) is 18.1 Å². The van der Waals surface area contributed by atoms with Gasteiger partial charge >= 0.3 is 0 Å². The summed E-state index contributed by atoms with van der Waals surface area (Å²) in [6.07, 6.45) is 0. The molecule has 8 heteroatoms. The molecule has 0 saturated heterocycles. The molecule has 1 aromatic carbocycles. The molecule has 138 valence electrons. The third-order valence-electron chi connectivity index (χ3n) is 2.69. The molecule has 0 amide bonds. The first kappa shape index (κ1) is 21.1. The quantitative estimate of drug-likeness (QED) is 0.813. The molecular formula is C17H25ClFN5O. The third kappa shape index (κ3) is 8.09. The van der Waals surface area contributed by atoms with Crippen LogP contribution in [0.5, 0.6) is 0 Å². The predicted octanol–water partition coefficient (Wildman–Crippen LogP) is 3.37. The summed E-state index contributed by atoms with van der Waals surface area (Å²) in [6, 6.07) is 6.44. The van der Waals surface area contributed by atoms with Crippen LogP contribution in [0.1, 0.15) is 26.6 Å². The first-order chi connectivity index (χ1) is 11.8. The summed E-state index contributed by atoms with van der Waals surface area (Å²) in [4.78, 5) is 13.8. The zero-order valence-electron chi connectivity index (χ0n) is 15.0. The van der Waals surface area contributed by atoms with Gasteiger partial charge in [-0.15, -0.1) is 0 Å². The monoisotopic (exact) mass is 369 g/mol. The number of rotatable bonds is 6. The Balaban J connectivity index is 0.000000705. The predicted molar refractivity (Wildman–Crippen MR) is 99.4 cm³/mol. The van der Waals surface area contributed by atoms with Gasteiger partial charge in [-0.25, -0.2) is 9.37 Å². The molecule has 0 saturated carbocycles. The second-order valence-electron chi connectivity index (χ2n) is 6.03. The number of halogens is 2. The van der Waals surface area contributed by atoms with Gasteiger partial charge in [0.25, 0.3) is 0 Å². The van der Waals surface area contributed by atoms with Crippen LogP contribution in [0.4, 0.5) is 16.0 Å². The summed E-state index contributed by atoms with van der Waals surface area (Å²) in [5.41, 5.74) is 0.443. The maximum atomic E-state index is 13.7. The van der Waals surface area contributed by atoms with Crippen molar-refractivity contribution in [3.63, 3.8) is 0 Å². The number of aromatic nitrogens is 3. The first-order valence-electron chi connectivity index (χ1n) is 8.04. The molecule has 2 aromatic rings. The lowest BCUT2D eigenvalue weighted by atomic mass is 10.3. The maximum Gasteiger partial charge on any atom is 0.227 e. The van der Waals surface area contributed by atoms with Gasteiger partial charge in [0.15, 0.2) is 5.82 Å². The van der Waals surface area contributed by atoms with Crippen molar-refractivity contribution in [1.82, 2.24) is 15.0 Å². The number of benzene rings is 1. The van der Waals surface area contributed by atoms with Crippen molar-refractivity contribution < 1.29 is 9.50 Å². The van der Waals surface area contributed by atoms with Crippen LogP contribution >= 0.6 is 11.6 Å². The Labute approximate surface area is 153 Å². The molecule has 2 N–H and O–H groups in total. The number of nitrogens with one attached hydrogen (secondary N) is 1. The van der Waals surface area contributed by atoms with Gasteiger partial charge in [0, 0.05) is 13.6 Å². The van der Waals surface area contributed by atoms with Crippen LogP contribution in [0.2, 0.25) is 5.28 Å². The molecule has 0 aliphatic rings. The van der Waals surface area contributed by atoms with Crippen LogP contribution in [-0.2, 0) is 6.54 Å². The standard InChI is InChI=1S/C13H15ClFN5O.C4H10/c1-20(10-5-3-2-4-9(10)15)8-11-17-12(14)19-13(18-11)16-6-7-21;1-4(2)3/h2-5,21H,6-8H2,1H3,(H,16,17,18,19);4H,1-3H3. The van der Waals surface area contributed by atoms with Gasteiger partial charge in [0.05, 0.1) is 18.8 Å². The molecule has 1 aromatic heterocycles. The fraction of sp³-hybridized carbons (Fsp3) is 0.471. The van der Waals surface area contributed by atoms with Crippen LogP contribution < -0.4 is 10.2 Å². The van der Waals surface area contributed by atoms with Crippen LogP contribution in [0.25, 0.3) is 0 Å². The van der Waals surface area contributed by atoms with Gasteiger partial charge in [-0.05, 0) is 29.7 Å². The fourth-order valence-corrected chi connectivity index (χ4v) is 1.94. The Bertz CT molecular complexity index is 654. The van der Waals surface area contributed by atoms with E-state index in [-0.39, 0.29) is 30.2 Å². The van der Waals surface area contributed by atoms with Crippen LogP contribution in [-0.4, -0.2) is 40.3 Å². The molecule has 1 heterocycles. The minimum Gasteiger partial charge on any atom is -0.395 e. The zero-order valence-corrected chi connectivity index (χ0v) is 15.8. The third-order valence-corrected chi connectivity index (χ3v) is 2.86. The highest BCUT2D eigenvalue weighted by Crippen LogP contribution is 2.18. The van der Waals surface area contributed by atoms with E-state index in [4.69, 9.17) is 16.7 Å². The number of aliphatic hydroxyl groups excluding tert-OH is 1. The van der Waals surface area contributed by atoms with E-state index in [1.807, 2.05) is 0 Å². The second kappa shape index (κ2) is 10.8. The SMILES string of the molecule is CC(C)C.CN(Cc1nc(Cl)nc(NCCO)n1)c1ccccc1F. The summed E-state index contributed by atoms with van der Waals surface area (Å²) in [6.45, 7) is 7.04. The van der Waals surface area contributed by atoms with Gasteiger partial charge < -0.3 is 15.3 Å². The van der Waals surface area contributed by atoms with E-state index >= 15 is 0 Å². The minimum absolute atomic E-state index is 0.0439. The summed E-state index contributed by atoms with van der Waals surface area (Å²) in [7, 11) is 1.73. The van der Waals surface area contributed by atoms with Gasteiger partial charge in [-0.1, -0.05) is 32.9 Å². The minimum atomic E-state index is -0.321. The van der Waals surface area contributed by atoms with E-state index in [1.165, 1.54) is 6.07 Å². The number of hydrogen-bond acceptors (Lipinski definition) is 6. The molecule has 0 aliphatic carbocycles. The first-order valence-corrected chi connectivity index (χ1v) is 8.42. The lowest BCUT2D eigenvalue weighted by Crippen LogP contribution is -2.20. The highest BCUT2D eigenvalue weighted by atomic mass is 35.5. The van der Waals surface area contributed by atoms with E-state index in [9.17, 15) is 4.39 Å². The summed E-state index contributed by atoms with van der Waals surface area (Å²) < 4.78 is 13.7. The van der Waals surface area contributed by atoms with Gasteiger partial charge in [-0.3, -0.25) is 0 Å². The van der Waals surface area contributed by atoms with Crippen molar-refractivity contribution in [1.29, 1.82) is 0 Å². The topological polar surface area (TPSA) is 74.2 Å². The van der Waals surface area contributed by atoms with E-state index in [0.717, 1.165) is 5.92 Å². The smallest absolute Gasteiger partial charge is 0.227 e. The van der Waals surface area contributed by atoms with Crippen molar-refractivity contribution in [3.8, 4) is 0 Å². The van der Waals surface area contributed by atoms with Crippen molar-refractivity contribution in [2.45, 2.75) is 27.3 Å². The number of anilines is 2. The molecule has 0 fully saturated rings. The summed E-state index contributed by atoms with van der Waals surface area (Å²) in [5.74, 6) is 1.20. The Morgan fingerprint density at radius 2 is 1.84 bits per heavy atom. The molecule has 0 bridgehead atoms. The Morgan fingerprint density at radius 3 is 2.44 bits per heavy atom. The number of para-hydroxylation sites is 1. The van der Waals surface area contributed by atoms with E-state index < -0.39 is 0 Å². The molecular weight excluding hydrogens is 345 g/mol. The highest BCUT2D eigenvalue weighted by Gasteiger charge is 2.11. The fourth-order valence-electron chi connectivity index (χ4n) is 1.77. The largest absolute Gasteiger partial charge is 0.395 e. The molecule has 0 radical (unpaired) electrons. The average molecular weight is 370 g/mol. The number of aliphatic hydroxyl groups is 1. The molecule has 0 aliphatic heterocycles. The highest BCUT2D eigenvalue weighted by molar-refractivity contribution is 6.28. The van der Waals surface area contributed by atoms with Crippen molar-refractivity contribution in [2.75, 3.05) is 30.4 Å². The number of hydrogen-bond donors (Lipinski definition) is 2. The van der Waals surface area contributed by atoms with Gasteiger partial charge in [-0.2, -0.15) is 9.97 Å². The molecule has 0 spiro atoms. The maximum absolute atomic E-state index is 13.7. The summed E-state index contributed by atoms with van der Waals surface area (Å²) >= 11 is 5.83. The Hall–Kier alpha value is -1.99. The van der Waals surface area contributed by atoms with E-state index in [2.05, 4.69) is 41.0 Å². The lowest BCUT2D eigenvalue weighted by molar-refractivity contribution is 0.310. The summed E-state index contributed by atoms with van der Waals surface area (Å²) in [5, 5.41) is 11.6. The molecule has 0 atom stereocenters. The zero-order chi connectivity index (χ0) is 18.8. The van der Waals surface area contributed by atoms with Crippen molar-refractivity contribution >= 4 is 23.2 Å². The van der Waals surface area contributed by atoms with Gasteiger partial charge in [0.1, 0.15) is 5.82 Å². The molecule has 0 unspecified atom stereocenters. The average Bonchev–Trinajstić information content (AvgIpc) is 2.52. The normalized spacial score (nSPS) is 10.2. The van der Waals surface area contributed by atoms with Gasteiger partial charge in [0.2, 0.25) is 11.2 Å². The molecule has 25 heavy (non-hydrogen) atoms. The van der Waals surface area contributed by atoms with Crippen molar-refractivity contribution in [2.24, 2.45) is 5.92 Å². The van der Waals surface area contributed by atoms with Crippen LogP contribution in [0.3, 0.4) is 0 Å². The number of nitrogens with zero attached hydrogens (tertiary/aromatic N) is 4. The van der Waals surface area contributed by atoms with Crippen LogP contribution in [0, 0.1) is 11.7 Å². The lowest BCUT2D eigenvalue weighted by Gasteiger charge is -2.19. The van der Waals surface area contributed by atoms with Crippen LogP contribution in [0.15, 0.2) is 24.3 Å². The Kier molecular flexibility index (Phi) is 9.08.